The number of allylic oxidation sites excluding steroid dienone is 8. The Hall–Kier alpha value is -2.26. The van der Waals surface area contributed by atoms with E-state index < -0.39 is 21.1 Å². The molecular formula is C24H22F2O2Zr. The number of aryl methyl sites for hydroxylation is 2. The van der Waals surface area contributed by atoms with Crippen molar-refractivity contribution >= 4 is 0 Å². The van der Waals surface area contributed by atoms with E-state index in [1.807, 2.05) is 38.2 Å². The number of hydrogen-bond acceptors (Lipinski definition) is 2. The number of halogens is 2. The average molecular weight is 472 g/mol. The second kappa shape index (κ2) is 8.24. The monoisotopic (exact) mass is 470 g/mol. The molecule has 2 aliphatic rings. The molecule has 0 saturated heterocycles. The van der Waals surface area contributed by atoms with Crippen LogP contribution >= 0.6 is 0 Å². The first-order valence-electron chi connectivity index (χ1n) is 9.58. The van der Waals surface area contributed by atoms with Crippen molar-refractivity contribution in [1.82, 2.24) is 0 Å². The Bertz CT molecular complexity index is 932. The van der Waals surface area contributed by atoms with Crippen molar-refractivity contribution in [3.8, 4) is 11.5 Å². The molecule has 2 aromatic rings. The van der Waals surface area contributed by atoms with E-state index in [1.54, 1.807) is 12.1 Å². The summed E-state index contributed by atoms with van der Waals surface area (Å²) < 4.78 is 40.9. The quantitative estimate of drug-likeness (QED) is 0.459. The van der Waals surface area contributed by atoms with Crippen molar-refractivity contribution in [2.24, 2.45) is 0 Å². The molecule has 5 heteroatoms. The summed E-state index contributed by atoms with van der Waals surface area (Å²) in [6, 6.07) is 9.08. The van der Waals surface area contributed by atoms with Crippen LogP contribution in [0.5, 0.6) is 11.5 Å². The minimum absolute atomic E-state index is 0.00982. The standard InChI is InChI=1S/2C7H7FO.2C5H5.Zr/c2*1-5-4-6(8)2-3-7(5)9;2*1-2-4-5-3-1;/h2*2-4,9H,1H3;2*1-5H;/q;;;;+2/p-2. The van der Waals surface area contributed by atoms with Crippen LogP contribution in [0.25, 0.3) is 0 Å². The van der Waals surface area contributed by atoms with E-state index in [0.29, 0.717) is 11.5 Å². The maximum absolute atomic E-state index is 13.7. The Morgan fingerprint density at radius 2 is 1.03 bits per heavy atom. The maximum atomic E-state index is 13.7. The van der Waals surface area contributed by atoms with Gasteiger partial charge in [-0.05, 0) is 0 Å². The molecule has 0 atom stereocenters. The summed E-state index contributed by atoms with van der Waals surface area (Å²) in [5, 5.41) is 0. The Morgan fingerprint density at radius 3 is 1.38 bits per heavy atom. The molecule has 0 heterocycles. The van der Waals surface area contributed by atoms with Gasteiger partial charge in [0.1, 0.15) is 0 Å². The molecule has 2 aromatic carbocycles. The summed E-state index contributed by atoms with van der Waals surface area (Å²) in [6.45, 7) is 3.66. The van der Waals surface area contributed by atoms with Gasteiger partial charge < -0.3 is 0 Å². The van der Waals surface area contributed by atoms with Crippen LogP contribution in [0.15, 0.2) is 85.0 Å². The summed E-state index contributed by atoms with van der Waals surface area (Å²) in [5.41, 5.74) is 1.45. The third kappa shape index (κ3) is 4.07. The van der Waals surface area contributed by atoms with Crippen LogP contribution < -0.4 is 5.63 Å². The molecule has 2 aliphatic carbocycles. The summed E-state index contributed by atoms with van der Waals surface area (Å²) in [7, 11) is 0. The normalized spacial score (nSPS) is 16.1. The van der Waals surface area contributed by atoms with Gasteiger partial charge in [0.15, 0.2) is 0 Å². The van der Waals surface area contributed by atoms with Crippen molar-refractivity contribution in [2.75, 3.05) is 0 Å². The van der Waals surface area contributed by atoms with Crippen molar-refractivity contribution in [1.29, 1.82) is 0 Å². The first kappa shape index (κ1) is 20.0. The summed E-state index contributed by atoms with van der Waals surface area (Å²) in [4.78, 5) is 0. The first-order chi connectivity index (χ1) is 14.0. The zero-order valence-corrected chi connectivity index (χ0v) is 18.8. The SMILES string of the molecule is Cc1cc(F)ccc1[O][Zr]([O]c1ccc(F)cc1C)([CH]1C=CC=C1)[CH]1C=CC=C1. The van der Waals surface area contributed by atoms with Crippen LogP contribution in [-0.2, 0) is 21.1 Å². The predicted molar refractivity (Wildman–Crippen MR) is 108 cm³/mol. The molecule has 0 unspecified atom stereocenters. The van der Waals surface area contributed by atoms with E-state index in [0.717, 1.165) is 11.1 Å². The van der Waals surface area contributed by atoms with E-state index >= 15 is 0 Å². The molecule has 0 bridgehead atoms. The first-order valence-corrected chi connectivity index (χ1v) is 14.4. The summed E-state index contributed by atoms with van der Waals surface area (Å²) >= 11 is -4.10. The molecule has 0 N–H and O–H groups in total. The van der Waals surface area contributed by atoms with Crippen LogP contribution in [0, 0.1) is 25.5 Å². The molecule has 4 rings (SSSR count). The van der Waals surface area contributed by atoms with Crippen LogP contribution in [-0.4, -0.2) is 0 Å². The van der Waals surface area contributed by atoms with Gasteiger partial charge in [-0.1, -0.05) is 0 Å². The third-order valence-electron chi connectivity index (χ3n) is 5.24. The number of rotatable bonds is 6. The molecule has 0 radical (unpaired) electrons. The van der Waals surface area contributed by atoms with E-state index in [9.17, 15) is 8.78 Å². The third-order valence-corrected chi connectivity index (χ3v) is 14.3. The van der Waals surface area contributed by atoms with Crippen LogP contribution in [0.4, 0.5) is 8.78 Å². The van der Waals surface area contributed by atoms with Crippen molar-refractivity contribution in [2.45, 2.75) is 21.1 Å². The zero-order valence-electron chi connectivity index (χ0n) is 16.3. The van der Waals surface area contributed by atoms with Gasteiger partial charge in [-0.3, -0.25) is 0 Å². The van der Waals surface area contributed by atoms with E-state index in [4.69, 9.17) is 5.63 Å². The average Bonchev–Trinajstić information content (AvgIpc) is 3.39. The van der Waals surface area contributed by atoms with Gasteiger partial charge >= 0.3 is 176 Å². The summed E-state index contributed by atoms with van der Waals surface area (Å²) in [5.74, 6) is 0.660. The van der Waals surface area contributed by atoms with E-state index in [-0.39, 0.29) is 18.9 Å². The fourth-order valence-electron chi connectivity index (χ4n) is 3.71. The van der Waals surface area contributed by atoms with Gasteiger partial charge in [0, 0.05) is 0 Å². The molecule has 0 fully saturated rings. The molecule has 2 nitrogen and oxygen atoms in total. The Morgan fingerprint density at radius 1 is 0.655 bits per heavy atom. The molecule has 0 amide bonds. The molecule has 0 spiro atoms. The molecular weight excluding hydrogens is 449 g/mol. The van der Waals surface area contributed by atoms with Gasteiger partial charge in [0.05, 0.1) is 0 Å². The van der Waals surface area contributed by atoms with Crippen molar-refractivity contribution in [3.05, 3.63) is 108 Å². The molecule has 0 aromatic heterocycles. The summed E-state index contributed by atoms with van der Waals surface area (Å²) in [6.07, 6.45) is 16.4. The van der Waals surface area contributed by atoms with Gasteiger partial charge in [-0.2, -0.15) is 0 Å². The van der Waals surface area contributed by atoms with E-state index in [2.05, 4.69) is 24.3 Å². The molecule has 148 valence electrons. The fourth-order valence-corrected chi connectivity index (χ4v) is 12.8. The minimum atomic E-state index is -4.10. The zero-order chi connectivity index (χ0) is 20.4. The Kier molecular flexibility index (Phi) is 5.69. The van der Waals surface area contributed by atoms with Crippen LogP contribution in [0.3, 0.4) is 0 Å². The molecule has 0 aliphatic heterocycles. The van der Waals surface area contributed by atoms with Crippen molar-refractivity contribution in [3.63, 3.8) is 0 Å². The molecule has 29 heavy (non-hydrogen) atoms. The van der Waals surface area contributed by atoms with Crippen molar-refractivity contribution < 1.29 is 35.6 Å². The number of benzene rings is 2. The molecule has 0 saturated carbocycles. The Balaban J connectivity index is 1.83. The van der Waals surface area contributed by atoms with Crippen LogP contribution in [0.1, 0.15) is 11.1 Å². The topological polar surface area (TPSA) is 18.5 Å². The van der Waals surface area contributed by atoms with E-state index in [1.165, 1.54) is 24.3 Å². The second-order valence-electron chi connectivity index (χ2n) is 7.34. The van der Waals surface area contributed by atoms with Gasteiger partial charge in [0.2, 0.25) is 0 Å². The van der Waals surface area contributed by atoms with Gasteiger partial charge in [-0.25, -0.2) is 0 Å². The van der Waals surface area contributed by atoms with Gasteiger partial charge in [-0.15, -0.1) is 0 Å². The van der Waals surface area contributed by atoms with Crippen LogP contribution in [0.2, 0.25) is 7.25 Å². The second-order valence-corrected chi connectivity index (χ2v) is 15.2. The predicted octanol–water partition coefficient (Wildman–Crippen LogP) is 6.85. The van der Waals surface area contributed by atoms with Gasteiger partial charge in [0.25, 0.3) is 0 Å². The number of hydrogen-bond donors (Lipinski definition) is 0. The Labute approximate surface area is 175 Å². The fraction of sp³-hybridized carbons (Fsp3) is 0.167.